The molecule has 1 rings (SSSR count). The molecule has 0 saturated carbocycles. The molecule has 1 aliphatic rings. The monoisotopic (exact) mass is 268 g/mol. The Morgan fingerprint density at radius 1 is 1.21 bits per heavy atom. The Kier molecular flexibility index (Phi) is 5.39. The molecule has 1 heterocycles. The highest BCUT2D eigenvalue weighted by Crippen LogP contribution is 2.24. The van der Waals surface area contributed by atoms with Crippen molar-refractivity contribution in [3.63, 3.8) is 0 Å². The first-order valence-corrected chi connectivity index (χ1v) is 7.28. The Morgan fingerprint density at radius 3 is 2.16 bits per heavy atom. The van der Waals surface area contributed by atoms with Crippen LogP contribution in [0.4, 0.5) is 0 Å². The number of carbonyl (C=O) groups excluding carboxylic acids is 2. The molecule has 0 unspecified atom stereocenters. The van der Waals surface area contributed by atoms with Gasteiger partial charge in [0.05, 0.1) is 0 Å². The van der Waals surface area contributed by atoms with Gasteiger partial charge in [0.2, 0.25) is 11.8 Å². The molecule has 0 aromatic heterocycles. The Morgan fingerprint density at radius 2 is 1.74 bits per heavy atom. The number of rotatable bonds is 3. The van der Waals surface area contributed by atoms with E-state index in [2.05, 4.69) is 19.2 Å². The van der Waals surface area contributed by atoms with Crippen molar-refractivity contribution in [1.29, 1.82) is 0 Å². The van der Waals surface area contributed by atoms with Gasteiger partial charge in [-0.3, -0.25) is 9.59 Å². The molecular weight excluding hydrogens is 240 g/mol. The van der Waals surface area contributed by atoms with Gasteiger partial charge in [-0.1, -0.05) is 13.8 Å². The summed E-state index contributed by atoms with van der Waals surface area (Å²) >= 11 is 0. The molecule has 0 aromatic carbocycles. The van der Waals surface area contributed by atoms with E-state index >= 15 is 0 Å². The highest BCUT2D eigenvalue weighted by Gasteiger charge is 2.26. The van der Waals surface area contributed by atoms with Gasteiger partial charge in [-0.15, -0.1) is 0 Å². The van der Waals surface area contributed by atoms with Crippen molar-refractivity contribution in [1.82, 2.24) is 10.2 Å². The van der Waals surface area contributed by atoms with Gasteiger partial charge >= 0.3 is 0 Å². The zero-order chi connectivity index (χ0) is 14.6. The third kappa shape index (κ3) is 5.62. The van der Waals surface area contributed by atoms with E-state index in [1.165, 1.54) is 0 Å². The maximum Gasteiger partial charge on any atom is 0.232 e. The molecule has 0 atom stereocenters. The second-order valence-electron chi connectivity index (χ2n) is 6.94. The lowest BCUT2D eigenvalue weighted by atomic mass is 9.86. The Bertz CT molecular complexity index is 324. The summed E-state index contributed by atoms with van der Waals surface area (Å²) in [5, 5.41) is 2.83. The van der Waals surface area contributed by atoms with E-state index in [0.717, 1.165) is 25.9 Å². The minimum Gasteiger partial charge on any atom is -0.351 e. The molecule has 1 saturated heterocycles. The molecule has 0 aliphatic carbocycles. The van der Waals surface area contributed by atoms with Crippen molar-refractivity contribution >= 4 is 11.8 Å². The number of carbonyl (C=O) groups is 2. The number of amides is 2. The summed E-state index contributed by atoms with van der Waals surface area (Å²) in [5.41, 5.74) is -0.276. The number of hydrogen-bond acceptors (Lipinski definition) is 2. The maximum absolute atomic E-state index is 12.0. The van der Waals surface area contributed by atoms with Crippen LogP contribution < -0.4 is 5.32 Å². The molecule has 2 amide bonds. The molecule has 0 aromatic rings. The van der Waals surface area contributed by atoms with Crippen LogP contribution in [0.1, 0.15) is 53.9 Å². The van der Waals surface area contributed by atoms with Crippen LogP contribution in [0.5, 0.6) is 0 Å². The third-order valence-electron chi connectivity index (χ3n) is 3.66. The van der Waals surface area contributed by atoms with Crippen LogP contribution >= 0.6 is 0 Å². The van der Waals surface area contributed by atoms with E-state index < -0.39 is 0 Å². The molecular formula is C15H28N2O2. The van der Waals surface area contributed by atoms with Gasteiger partial charge in [0.1, 0.15) is 6.42 Å². The number of piperidine rings is 1. The summed E-state index contributed by atoms with van der Waals surface area (Å²) < 4.78 is 0. The van der Waals surface area contributed by atoms with Crippen LogP contribution in [0.25, 0.3) is 0 Å². The second kappa shape index (κ2) is 6.40. The lowest BCUT2D eigenvalue weighted by Gasteiger charge is -2.34. The predicted molar refractivity (Wildman–Crippen MR) is 76.7 cm³/mol. The third-order valence-corrected chi connectivity index (χ3v) is 3.66. The molecule has 4 heteroatoms. The Hall–Kier alpha value is -1.06. The average molecular weight is 268 g/mol. The molecule has 1 aliphatic heterocycles. The van der Waals surface area contributed by atoms with Crippen molar-refractivity contribution in [2.75, 3.05) is 13.1 Å². The number of nitrogens with one attached hydrogen (secondary N) is 1. The second-order valence-corrected chi connectivity index (χ2v) is 6.94. The summed E-state index contributed by atoms with van der Waals surface area (Å²) in [6, 6.07) is 0. The summed E-state index contributed by atoms with van der Waals surface area (Å²) in [7, 11) is 0. The SMILES string of the molecule is CC(C)C1CCN(C(=O)CC(=O)NC(C)(C)C)CC1. The smallest absolute Gasteiger partial charge is 0.232 e. The van der Waals surface area contributed by atoms with Crippen molar-refractivity contribution in [3.05, 3.63) is 0 Å². The Labute approximate surface area is 116 Å². The zero-order valence-corrected chi connectivity index (χ0v) is 13.0. The summed E-state index contributed by atoms with van der Waals surface area (Å²) in [4.78, 5) is 25.6. The molecule has 1 N–H and O–H groups in total. The fraction of sp³-hybridized carbons (Fsp3) is 0.867. The van der Waals surface area contributed by atoms with Gasteiger partial charge < -0.3 is 10.2 Å². The average Bonchev–Trinajstić information content (AvgIpc) is 2.26. The van der Waals surface area contributed by atoms with Crippen LogP contribution in [0.3, 0.4) is 0 Å². The van der Waals surface area contributed by atoms with Gasteiger partial charge in [0.15, 0.2) is 0 Å². The van der Waals surface area contributed by atoms with Crippen LogP contribution in [0, 0.1) is 11.8 Å². The Balaban J connectivity index is 2.37. The highest BCUT2D eigenvalue weighted by atomic mass is 16.2. The first kappa shape index (κ1) is 16.0. The molecule has 0 bridgehead atoms. The summed E-state index contributed by atoms with van der Waals surface area (Å²) in [6.07, 6.45) is 2.10. The quantitative estimate of drug-likeness (QED) is 0.798. The minimum atomic E-state index is -0.276. The predicted octanol–water partition coefficient (Wildman–Crippen LogP) is 2.19. The van der Waals surface area contributed by atoms with Crippen LogP contribution in [-0.4, -0.2) is 35.3 Å². The fourth-order valence-corrected chi connectivity index (χ4v) is 2.53. The highest BCUT2D eigenvalue weighted by molar-refractivity contribution is 5.97. The largest absolute Gasteiger partial charge is 0.351 e. The normalized spacial score (nSPS) is 17.7. The lowest BCUT2D eigenvalue weighted by molar-refractivity contribution is -0.137. The zero-order valence-electron chi connectivity index (χ0n) is 13.0. The van der Waals surface area contributed by atoms with Gasteiger partial charge in [0.25, 0.3) is 0 Å². The molecule has 1 fully saturated rings. The van der Waals surface area contributed by atoms with E-state index in [4.69, 9.17) is 0 Å². The maximum atomic E-state index is 12.0. The van der Waals surface area contributed by atoms with Crippen LogP contribution in [0.2, 0.25) is 0 Å². The van der Waals surface area contributed by atoms with E-state index in [-0.39, 0.29) is 23.8 Å². The summed E-state index contributed by atoms with van der Waals surface area (Å²) in [6.45, 7) is 11.8. The molecule has 110 valence electrons. The lowest BCUT2D eigenvalue weighted by Crippen LogP contribution is -2.45. The van der Waals surface area contributed by atoms with Gasteiger partial charge in [-0.05, 0) is 45.4 Å². The van der Waals surface area contributed by atoms with Crippen LogP contribution in [0.15, 0.2) is 0 Å². The van der Waals surface area contributed by atoms with Crippen molar-refractivity contribution in [3.8, 4) is 0 Å². The molecule has 0 spiro atoms. The number of nitrogens with zero attached hydrogens (tertiary/aromatic N) is 1. The standard InChI is InChI=1S/C15H28N2O2/c1-11(2)12-6-8-17(9-7-12)14(19)10-13(18)16-15(3,4)5/h11-12H,6-10H2,1-5H3,(H,16,18). The van der Waals surface area contributed by atoms with Crippen molar-refractivity contribution in [2.45, 2.75) is 59.4 Å². The minimum absolute atomic E-state index is 0.0242. The molecule has 0 radical (unpaired) electrons. The number of hydrogen-bond donors (Lipinski definition) is 1. The van der Waals surface area contributed by atoms with Crippen molar-refractivity contribution < 1.29 is 9.59 Å². The first-order valence-electron chi connectivity index (χ1n) is 7.28. The van der Waals surface area contributed by atoms with E-state index in [0.29, 0.717) is 11.8 Å². The fourth-order valence-electron chi connectivity index (χ4n) is 2.53. The van der Waals surface area contributed by atoms with E-state index in [9.17, 15) is 9.59 Å². The van der Waals surface area contributed by atoms with E-state index in [1.807, 2.05) is 25.7 Å². The van der Waals surface area contributed by atoms with Crippen molar-refractivity contribution in [2.24, 2.45) is 11.8 Å². The first-order chi connectivity index (χ1) is 8.69. The van der Waals surface area contributed by atoms with Crippen LogP contribution in [-0.2, 0) is 9.59 Å². The molecule has 19 heavy (non-hydrogen) atoms. The molecule has 4 nitrogen and oxygen atoms in total. The van der Waals surface area contributed by atoms with Gasteiger partial charge in [-0.25, -0.2) is 0 Å². The van der Waals surface area contributed by atoms with E-state index in [1.54, 1.807) is 0 Å². The summed E-state index contributed by atoms with van der Waals surface area (Å²) in [5.74, 6) is 1.18. The number of likely N-dealkylation sites (tertiary alicyclic amines) is 1. The van der Waals surface area contributed by atoms with Gasteiger partial charge in [0, 0.05) is 18.6 Å². The topological polar surface area (TPSA) is 49.4 Å². The van der Waals surface area contributed by atoms with Gasteiger partial charge in [-0.2, -0.15) is 0 Å².